The van der Waals surface area contributed by atoms with E-state index in [1.54, 1.807) is 7.11 Å². The number of hydrogen-bond donors (Lipinski definition) is 1. The lowest BCUT2D eigenvalue weighted by atomic mass is 10.1. The third kappa shape index (κ3) is 5.85. The molecule has 0 aromatic carbocycles. The van der Waals surface area contributed by atoms with E-state index in [2.05, 4.69) is 12.2 Å². The van der Waals surface area contributed by atoms with Crippen molar-refractivity contribution in [1.82, 2.24) is 5.32 Å². The summed E-state index contributed by atoms with van der Waals surface area (Å²) in [5, 5.41) is 2.85. The Bertz CT molecular complexity index is 115. The van der Waals surface area contributed by atoms with Crippen LogP contribution < -0.4 is 5.32 Å². The van der Waals surface area contributed by atoms with Crippen LogP contribution in [0, 0.1) is 0 Å². The molecule has 11 heavy (non-hydrogen) atoms. The van der Waals surface area contributed by atoms with Crippen LogP contribution in [0.25, 0.3) is 0 Å². The molecule has 0 aromatic rings. The third-order valence-electron chi connectivity index (χ3n) is 1.57. The van der Waals surface area contributed by atoms with Gasteiger partial charge >= 0.3 is 0 Å². The zero-order valence-corrected chi connectivity index (χ0v) is 7.52. The number of carbonyl (C=O) groups excluding carboxylic acids is 1. The van der Waals surface area contributed by atoms with Gasteiger partial charge in [-0.25, -0.2) is 0 Å². The van der Waals surface area contributed by atoms with Crippen LogP contribution in [-0.2, 0) is 9.53 Å². The topological polar surface area (TPSA) is 38.3 Å². The average molecular weight is 159 g/mol. The fourth-order valence-electron chi connectivity index (χ4n) is 0.926. The summed E-state index contributed by atoms with van der Waals surface area (Å²) in [7, 11) is 1.67. The van der Waals surface area contributed by atoms with E-state index in [0.717, 1.165) is 12.8 Å². The van der Waals surface area contributed by atoms with Crippen LogP contribution in [0.2, 0.25) is 0 Å². The van der Waals surface area contributed by atoms with Crippen molar-refractivity contribution in [2.45, 2.75) is 32.7 Å². The van der Waals surface area contributed by atoms with Crippen LogP contribution in [0.3, 0.4) is 0 Å². The van der Waals surface area contributed by atoms with Gasteiger partial charge in [0.15, 0.2) is 0 Å². The van der Waals surface area contributed by atoms with Crippen LogP contribution >= 0.6 is 0 Å². The maximum Gasteiger partial charge on any atom is 0.217 e. The molecule has 0 heterocycles. The van der Waals surface area contributed by atoms with Gasteiger partial charge in [0.1, 0.15) is 0 Å². The molecule has 3 nitrogen and oxygen atoms in total. The second-order valence-electron chi connectivity index (χ2n) is 2.59. The van der Waals surface area contributed by atoms with E-state index in [1.807, 2.05) is 0 Å². The molecule has 0 radical (unpaired) electrons. The van der Waals surface area contributed by atoms with Gasteiger partial charge in [-0.05, 0) is 12.8 Å². The molecule has 1 amide bonds. The zero-order valence-electron chi connectivity index (χ0n) is 7.52. The summed E-state index contributed by atoms with van der Waals surface area (Å²) >= 11 is 0. The van der Waals surface area contributed by atoms with Crippen LogP contribution in [-0.4, -0.2) is 25.7 Å². The molecule has 3 heteroatoms. The van der Waals surface area contributed by atoms with Gasteiger partial charge in [-0.2, -0.15) is 0 Å². The molecule has 0 spiro atoms. The fourth-order valence-corrected chi connectivity index (χ4v) is 0.926. The first-order valence-electron chi connectivity index (χ1n) is 3.96. The molecule has 1 unspecified atom stereocenters. The first-order valence-corrected chi connectivity index (χ1v) is 3.96. The fraction of sp³-hybridized carbons (Fsp3) is 0.875. The Morgan fingerprint density at radius 2 is 2.27 bits per heavy atom. The van der Waals surface area contributed by atoms with Crippen molar-refractivity contribution in [3.05, 3.63) is 0 Å². The molecule has 0 rings (SSSR count). The number of nitrogens with one attached hydrogen (secondary N) is 1. The van der Waals surface area contributed by atoms with Crippen molar-refractivity contribution in [1.29, 1.82) is 0 Å². The lowest BCUT2D eigenvalue weighted by Crippen LogP contribution is -2.33. The van der Waals surface area contributed by atoms with E-state index >= 15 is 0 Å². The summed E-state index contributed by atoms with van der Waals surface area (Å²) in [5.41, 5.74) is 0. The van der Waals surface area contributed by atoms with Crippen LogP contribution in [0.1, 0.15) is 26.7 Å². The SMILES string of the molecule is CCC(CCOC)NC(C)=O. The van der Waals surface area contributed by atoms with Gasteiger partial charge in [0.05, 0.1) is 0 Å². The van der Waals surface area contributed by atoms with Gasteiger partial charge in [0.25, 0.3) is 0 Å². The maximum absolute atomic E-state index is 10.6. The van der Waals surface area contributed by atoms with Gasteiger partial charge in [-0.3, -0.25) is 4.79 Å². The number of carbonyl (C=O) groups is 1. The Labute approximate surface area is 68.1 Å². The number of ether oxygens (including phenoxy) is 1. The van der Waals surface area contributed by atoms with Gasteiger partial charge in [0, 0.05) is 26.7 Å². The Morgan fingerprint density at radius 1 is 1.64 bits per heavy atom. The number of methoxy groups -OCH3 is 1. The van der Waals surface area contributed by atoms with Crippen molar-refractivity contribution >= 4 is 5.91 Å². The summed E-state index contributed by atoms with van der Waals surface area (Å²) in [6.07, 6.45) is 1.86. The molecule has 0 aliphatic carbocycles. The predicted octanol–water partition coefficient (Wildman–Crippen LogP) is 0.938. The first-order chi connectivity index (χ1) is 5.20. The molecule has 1 N–H and O–H groups in total. The minimum absolute atomic E-state index is 0.0351. The highest BCUT2D eigenvalue weighted by atomic mass is 16.5. The van der Waals surface area contributed by atoms with Crippen LogP contribution in [0.4, 0.5) is 0 Å². The van der Waals surface area contributed by atoms with Gasteiger partial charge in [0.2, 0.25) is 5.91 Å². The summed E-state index contributed by atoms with van der Waals surface area (Å²) in [5.74, 6) is 0.0351. The first kappa shape index (κ1) is 10.4. The van der Waals surface area contributed by atoms with E-state index in [-0.39, 0.29) is 11.9 Å². The summed E-state index contributed by atoms with van der Waals surface area (Å²) in [6, 6.07) is 0.271. The van der Waals surface area contributed by atoms with Crippen molar-refractivity contribution in [2.24, 2.45) is 0 Å². The number of hydrogen-bond acceptors (Lipinski definition) is 2. The van der Waals surface area contributed by atoms with E-state index in [4.69, 9.17) is 4.74 Å². The molecule has 0 saturated heterocycles. The van der Waals surface area contributed by atoms with E-state index < -0.39 is 0 Å². The van der Waals surface area contributed by atoms with Gasteiger partial charge in [-0.1, -0.05) is 6.92 Å². The summed E-state index contributed by atoms with van der Waals surface area (Å²) in [4.78, 5) is 10.6. The van der Waals surface area contributed by atoms with E-state index in [1.165, 1.54) is 6.92 Å². The van der Waals surface area contributed by atoms with Crippen LogP contribution in [0.15, 0.2) is 0 Å². The minimum Gasteiger partial charge on any atom is -0.385 e. The zero-order chi connectivity index (χ0) is 8.69. The number of rotatable bonds is 5. The Balaban J connectivity index is 3.49. The van der Waals surface area contributed by atoms with Crippen LogP contribution in [0.5, 0.6) is 0 Å². The van der Waals surface area contributed by atoms with E-state index in [0.29, 0.717) is 6.61 Å². The van der Waals surface area contributed by atoms with Crippen molar-refractivity contribution in [3.63, 3.8) is 0 Å². The largest absolute Gasteiger partial charge is 0.385 e. The Morgan fingerprint density at radius 3 is 2.64 bits per heavy atom. The summed E-state index contributed by atoms with van der Waals surface area (Å²) < 4.78 is 4.90. The highest BCUT2D eigenvalue weighted by Gasteiger charge is 2.05. The lowest BCUT2D eigenvalue weighted by molar-refractivity contribution is -0.119. The molecule has 0 saturated carbocycles. The molecule has 0 aliphatic heterocycles. The molecular formula is C8H17NO2. The van der Waals surface area contributed by atoms with Crippen molar-refractivity contribution < 1.29 is 9.53 Å². The molecule has 0 aromatic heterocycles. The number of amides is 1. The highest BCUT2D eigenvalue weighted by Crippen LogP contribution is 1.96. The summed E-state index contributed by atoms with van der Waals surface area (Å²) in [6.45, 7) is 4.30. The predicted molar refractivity (Wildman–Crippen MR) is 44.4 cm³/mol. The molecular weight excluding hydrogens is 142 g/mol. The van der Waals surface area contributed by atoms with E-state index in [9.17, 15) is 4.79 Å². The quantitative estimate of drug-likeness (QED) is 0.648. The highest BCUT2D eigenvalue weighted by molar-refractivity contribution is 5.73. The Kier molecular flexibility index (Phi) is 5.84. The van der Waals surface area contributed by atoms with Crippen molar-refractivity contribution in [2.75, 3.05) is 13.7 Å². The lowest BCUT2D eigenvalue weighted by Gasteiger charge is -2.14. The normalized spacial score (nSPS) is 12.6. The average Bonchev–Trinajstić information content (AvgIpc) is 1.97. The second-order valence-corrected chi connectivity index (χ2v) is 2.59. The molecule has 0 aliphatic rings. The third-order valence-corrected chi connectivity index (χ3v) is 1.57. The standard InChI is InChI=1S/C8H17NO2/c1-4-8(5-6-11-3)9-7(2)10/h8H,4-6H2,1-3H3,(H,9,10). The maximum atomic E-state index is 10.6. The van der Waals surface area contributed by atoms with Gasteiger partial charge in [-0.15, -0.1) is 0 Å². The smallest absolute Gasteiger partial charge is 0.217 e. The van der Waals surface area contributed by atoms with Crippen molar-refractivity contribution in [3.8, 4) is 0 Å². The minimum atomic E-state index is 0.0351. The molecule has 66 valence electrons. The Hall–Kier alpha value is -0.570. The second kappa shape index (κ2) is 6.16. The molecule has 1 atom stereocenters. The molecule has 0 bridgehead atoms. The molecule has 0 fully saturated rings. The monoisotopic (exact) mass is 159 g/mol. The van der Waals surface area contributed by atoms with Gasteiger partial charge < -0.3 is 10.1 Å².